The number of rotatable bonds is 4. The van der Waals surface area contributed by atoms with Gasteiger partial charge in [0.25, 0.3) is 5.91 Å². The van der Waals surface area contributed by atoms with Crippen LogP contribution < -0.4 is 5.32 Å². The molecule has 0 saturated carbocycles. The molecule has 3 N–H and O–H groups in total. The van der Waals surface area contributed by atoms with E-state index in [-0.39, 0.29) is 11.9 Å². The van der Waals surface area contributed by atoms with Crippen molar-refractivity contribution in [2.75, 3.05) is 13.1 Å². The van der Waals surface area contributed by atoms with Gasteiger partial charge in [-0.3, -0.25) is 9.69 Å². The van der Waals surface area contributed by atoms with Crippen molar-refractivity contribution in [3.8, 4) is 0 Å². The highest BCUT2D eigenvalue weighted by Gasteiger charge is 2.32. The predicted molar refractivity (Wildman–Crippen MR) is 73.2 cm³/mol. The lowest BCUT2D eigenvalue weighted by atomic mass is 10.2. The molecular formula is C12H15N5O2S. The maximum absolute atomic E-state index is 11.9. The molecule has 8 heteroatoms. The Bertz CT molecular complexity index is 556. The summed E-state index contributed by atoms with van der Waals surface area (Å²) in [6.45, 7) is 1.85. The first-order valence-corrected chi connectivity index (χ1v) is 7.18. The summed E-state index contributed by atoms with van der Waals surface area (Å²) in [5, 5.41) is 15.8. The van der Waals surface area contributed by atoms with E-state index >= 15 is 0 Å². The lowest BCUT2D eigenvalue weighted by Crippen LogP contribution is -2.42. The highest BCUT2D eigenvalue weighted by atomic mass is 32.1. The number of aliphatic hydroxyl groups excluding tert-OH is 1. The van der Waals surface area contributed by atoms with E-state index in [1.165, 1.54) is 12.5 Å². The molecule has 106 valence electrons. The fourth-order valence-electron chi connectivity index (χ4n) is 2.29. The Hall–Kier alpha value is -1.77. The van der Waals surface area contributed by atoms with Crippen molar-refractivity contribution in [2.45, 2.75) is 18.7 Å². The number of carbonyl (C=O) groups is 1. The van der Waals surface area contributed by atoms with Crippen LogP contribution in [0.4, 0.5) is 0 Å². The van der Waals surface area contributed by atoms with E-state index in [1.54, 1.807) is 17.5 Å². The first kappa shape index (κ1) is 13.2. The summed E-state index contributed by atoms with van der Waals surface area (Å²) in [6, 6.07) is -0.272. The number of hydrogen-bond acceptors (Lipinski definition) is 6. The molecule has 1 aliphatic heterocycles. The van der Waals surface area contributed by atoms with Gasteiger partial charge in [-0.05, 0) is 0 Å². The van der Waals surface area contributed by atoms with Gasteiger partial charge in [-0.1, -0.05) is 0 Å². The predicted octanol–water partition coefficient (Wildman–Crippen LogP) is -0.159. The number of thiazole rings is 1. The van der Waals surface area contributed by atoms with Crippen LogP contribution in [0, 0.1) is 0 Å². The molecule has 7 nitrogen and oxygen atoms in total. The average Bonchev–Trinajstić information content (AvgIpc) is 3.14. The molecule has 1 amide bonds. The second kappa shape index (κ2) is 5.70. The zero-order valence-electron chi connectivity index (χ0n) is 10.7. The third-order valence-corrected chi connectivity index (χ3v) is 4.03. The fraction of sp³-hybridized carbons (Fsp3) is 0.417. The number of nitrogens with one attached hydrogen (secondary N) is 2. The molecule has 2 atom stereocenters. The van der Waals surface area contributed by atoms with E-state index in [2.05, 4.69) is 25.2 Å². The van der Waals surface area contributed by atoms with Crippen molar-refractivity contribution in [1.82, 2.24) is 25.2 Å². The van der Waals surface area contributed by atoms with Crippen molar-refractivity contribution in [3.05, 3.63) is 34.8 Å². The Kier molecular flexibility index (Phi) is 3.77. The van der Waals surface area contributed by atoms with Gasteiger partial charge in [0.05, 0.1) is 31.2 Å². The van der Waals surface area contributed by atoms with E-state index in [1.807, 2.05) is 5.38 Å². The number of carbonyl (C=O) groups excluding carboxylic acids is 1. The van der Waals surface area contributed by atoms with Gasteiger partial charge in [-0.2, -0.15) is 0 Å². The smallest absolute Gasteiger partial charge is 0.269 e. The number of aromatic nitrogens is 3. The zero-order valence-corrected chi connectivity index (χ0v) is 11.5. The molecule has 1 saturated heterocycles. The summed E-state index contributed by atoms with van der Waals surface area (Å²) in [5.74, 6) is -0.248. The molecule has 3 rings (SSSR count). The fourth-order valence-corrected chi connectivity index (χ4v) is 2.94. The van der Waals surface area contributed by atoms with Crippen molar-refractivity contribution in [3.63, 3.8) is 0 Å². The number of hydrogen-bond donors (Lipinski definition) is 3. The Morgan fingerprint density at radius 3 is 3.20 bits per heavy atom. The molecule has 1 aliphatic rings. The van der Waals surface area contributed by atoms with Crippen molar-refractivity contribution < 1.29 is 9.90 Å². The molecule has 3 heterocycles. The summed E-state index contributed by atoms with van der Waals surface area (Å²) >= 11 is 1.59. The second-order valence-corrected chi connectivity index (χ2v) is 5.71. The van der Waals surface area contributed by atoms with Gasteiger partial charge in [-0.25, -0.2) is 9.97 Å². The van der Waals surface area contributed by atoms with Gasteiger partial charge in [0.2, 0.25) is 0 Å². The molecule has 0 spiro atoms. The maximum atomic E-state index is 11.9. The molecule has 0 aliphatic carbocycles. The minimum Gasteiger partial charge on any atom is -0.390 e. The molecule has 0 bridgehead atoms. The van der Waals surface area contributed by atoms with Gasteiger partial charge in [0, 0.05) is 24.7 Å². The van der Waals surface area contributed by atoms with Gasteiger partial charge >= 0.3 is 0 Å². The summed E-state index contributed by atoms with van der Waals surface area (Å²) in [4.78, 5) is 24.8. The number of imidazole rings is 1. The largest absolute Gasteiger partial charge is 0.390 e. The molecule has 0 unspecified atom stereocenters. The van der Waals surface area contributed by atoms with Crippen LogP contribution in [0.3, 0.4) is 0 Å². The second-order valence-electron chi connectivity index (χ2n) is 4.73. The van der Waals surface area contributed by atoms with Crippen LogP contribution in [-0.2, 0) is 6.54 Å². The van der Waals surface area contributed by atoms with Crippen LogP contribution in [-0.4, -0.2) is 56.1 Å². The maximum Gasteiger partial charge on any atom is 0.269 e. The number of likely N-dealkylation sites (tertiary alicyclic amines) is 1. The van der Waals surface area contributed by atoms with Crippen LogP contribution in [0.2, 0.25) is 0 Å². The van der Waals surface area contributed by atoms with Crippen molar-refractivity contribution >= 4 is 17.2 Å². The third-order valence-electron chi connectivity index (χ3n) is 3.27. The van der Waals surface area contributed by atoms with Crippen LogP contribution in [0.25, 0.3) is 0 Å². The third kappa shape index (κ3) is 2.87. The van der Waals surface area contributed by atoms with Crippen LogP contribution in [0.1, 0.15) is 15.5 Å². The topological polar surface area (TPSA) is 94.1 Å². The normalized spacial score (nSPS) is 23.1. The molecule has 2 aromatic rings. The van der Waals surface area contributed by atoms with E-state index in [4.69, 9.17) is 0 Å². The highest BCUT2D eigenvalue weighted by Crippen LogP contribution is 2.15. The van der Waals surface area contributed by atoms with Gasteiger partial charge in [-0.15, -0.1) is 11.3 Å². The summed E-state index contributed by atoms with van der Waals surface area (Å²) < 4.78 is 0. The average molecular weight is 293 g/mol. The number of aromatic amines is 1. The van der Waals surface area contributed by atoms with Gasteiger partial charge < -0.3 is 15.4 Å². The monoisotopic (exact) mass is 293 g/mol. The Morgan fingerprint density at radius 2 is 2.50 bits per heavy atom. The lowest BCUT2D eigenvalue weighted by molar-refractivity contribution is 0.0884. The number of nitrogens with zero attached hydrogens (tertiary/aromatic N) is 3. The summed E-state index contributed by atoms with van der Waals surface area (Å²) in [5.41, 5.74) is 0.399. The lowest BCUT2D eigenvalue weighted by Gasteiger charge is -2.15. The molecule has 20 heavy (non-hydrogen) atoms. The number of aliphatic hydroxyl groups is 1. The molecular weight excluding hydrogens is 278 g/mol. The van der Waals surface area contributed by atoms with Crippen LogP contribution in [0.5, 0.6) is 0 Å². The Labute approximate surface area is 119 Å². The Balaban J connectivity index is 1.57. The molecule has 0 radical (unpaired) electrons. The number of amides is 1. The van der Waals surface area contributed by atoms with Crippen molar-refractivity contribution in [2.24, 2.45) is 0 Å². The van der Waals surface area contributed by atoms with Gasteiger partial charge in [0.1, 0.15) is 10.7 Å². The first-order valence-electron chi connectivity index (χ1n) is 6.30. The van der Waals surface area contributed by atoms with Gasteiger partial charge in [0.15, 0.2) is 0 Å². The first-order chi connectivity index (χ1) is 9.72. The number of H-pyrrole nitrogens is 1. The molecule has 0 aromatic carbocycles. The summed E-state index contributed by atoms with van der Waals surface area (Å²) in [7, 11) is 0. The van der Waals surface area contributed by atoms with Crippen LogP contribution >= 0.6 is 11.3 Å². The number of β-amino-alcohol motifs (C(OH)–C–C–N with tert-alkyl or cyclic N) is 1. The SMILES string of the molecule is O=C(N[C@@H]1CN(Cc2nccs2)C[C@H]1O)c1cnc[nH]1. The van der Waals surface area contributed by atoms with E-state index in [0.717, 1.165) is 5.01 Å². The van der Waals surface area contributed by atoms with E-state index in [0.29, 0.717) is 25.3 Å². The van der Waals surface area contributed by atoms with E-state index in [9.17, 15) is 9.90 Å². The zero-order chi connectivity index (χ0) is 13.9. The summed E-state index contributed by atoms with van der Waals surface area (Å²) in [6.07, 6.45) is 4.12. The highest BCUT2D eigenvalue weighted by molar-refractivity contribution is 7.09. The minimum atomic E-state index is -0.568. The Morgan fingerprint density at radius 1 is 1.60 bits per heavy atom. The standard InChI is InChI=1S/C12H15N5O2S/c18-10-5-17(6-11-14-1-2-20-11)4-9(10)16-12(19)8-3-13-7-15-8/h1-3,7,9-10,18H,4-6H2,(H,13,15)(H,16,19)/t9-,10-/m1/s1. The quantitative estimate of drug-likeness (QED) is 0.728. The van der Waals surface area contributed by atoms with Crippen molar-refractivity contribution in [1.29, 1.82) is 0 Å². The minimum absolute atomic E-state index is 0.248. The van der Waals surface area contributed by atoms with Crippen LogP contribution in [0.15, 0.2) is 24.1 Å². The molecule has 2 aromatic heterocycles. The van der Waals surface area contributed by atoms with E-state index < -0.39 is 6.10 Å². The molecule has 1 fully saturated rings.